The second kappa shape index (κ2) is 5.51. The molecule has 0 aliphatic rings. The zero-order valence-corrected chi connectivity index (χ0v) is 12.7. The Kier molecular flexibility index (Phi) is 3.54. The van der Waals surface area contributed by atoms with Crippen LogP contribution in [0.5, 0.6) is 0 Å². The lowest BCUT2D eigenvalue weighted by Gasteiger charge is -2.05. The minimum Gasteiger partial charge on any atom is -0.466 e. The van der Waals surface area contributed by atoms with Gasteiger partial charge in [-0.2, -0.15) is 10.2 Å². The lowest BCUT2D eigenvalue weighted by molar-refractivity contribution is -0.116. The molecule has 0 radical (unpaired) electrons. The summed E-state index contributed by atoms with van der Waals surface area (Å²) in [4.78, 5) is 12.0. The standard InChI is InChI=1S/C15H17N5O2/c1-10-8-12(11(2)22-10)13-5-7-20(18-13)9-15(21)17-14-4-6-16-19(14)3/h4-8H,9H2,1-3H3,(H,17,21). The van der Waals surface area contributed by atoms with Gasteiger partial charge in [0.1, 0.15) is 23.9 Å². The maximum absolute atomic E-state index is 12.0. The summed E-state index contributed by atoms with van der Waals surface area (Å²) in [5, 5.41) is 11.2. The number of nitrogens with zero attached hydrogens (tertiary/aromatic N) is 4. The molecule has 3 aromatic rings. The van der Waals surface area contributed by atoms with Crippen LogP contribution in [0.3, 0.4) is 0 Å². The van der Waals surface area contributed by atoms with Crippen molar-refractivity contribution < 1.29 is 9.21 Å². The van der Waals surface area contributed by atoms with E-state index in [0.717, 1.165) is 22.8 Å². The molecule has 7 nitrogen and oxygen atoms in total. The highest BCUT2D eigenvalue weighted by molar-refractivity contribution is 5.89. The van der Waals surface area contributed by atoms with Gasteiger partial charge in [0.25, 0.3) is 0 Å². The summed E-state index contributed by atoms with van der Waals surface area (Å²) in [5.41, 5.74) is 1.74. The van der Waals surface area contributed by atoms with Gasteiger partial charge in [0.15, 0.2) is 0 Å². The van der Waals surface area contributed by atoms with E-state index in [9.17, 15) is 4.79 Å². The van der Waals surface area contributed by atoms with Crippen LogP contribution in [0.15, 0.2) is 35.0 Å². The van der Waals surface area contributed by atoms with Crippen molar-refractivity contribution in [2.75, 3.05) is 5.32 Å². The van der Waals surface area contributed by atoms with Gasteiger partial charge in [0.2, 0.25) is 5.91 Å². The van der Waals surface area contributed by atoms with Crippen molar-refractivity contribution in [1.29, 1.82) is 0 Å². The third-order valence-electron chi connectivity index (χ3n) is 3.35. The highest BCUT2D eigenvalue weighted by Crippen LogP contribution is 2.24. The third kappa shape index (κ3) is 2.78. The first kappa shape index (κ1) is 14.1. The number of aromatic nitrogens is 4. The Balaban J connectivity index is 1.70. The quantitative estimate of drug-likeness (QED) is 0.800. The fourth-order valence-corrected chi connectivity index (χ4v) is 2.30. The van der Waals surface area contributed by atoms with Crippen LogP contribution in [0.25, 0.3) is 11.3 Å². The SMILES string of the molecule is Cc1cc(-c2ccn(CC(=O)Nc3ccnn3C)n2)c(C)o1. The number of nitrogens with one attached hydrogen (secondary N) is 1. The molecule has 0 unspecified atom stereocenters. The highest BCUT2D eigenvalue weighted by Gasteiger charge is 2.12. The summed E-state index contributed by atoms with van der Waals surface area (Å²) in [6.07, 6.45) is 3.41. The third-order valence-corrected chi connectivity index (χ3v) is 3.35. The molecule has 0 fully saturated rings. The summed E-state index contributed by atoms with van der Waals surface area (Å²) >= 11 is 0. The number of anilines is 1. The molecular formula is C15H17N5O2. The fraction of sp³-hybridized carbons (Fsp3) is 0.267. The number of rotatable bonds is 4. The van der Waals surface area contributed by atoms with Gasteiger partial charge >= 0.3 is 0 Å². The average molecular weight is 299 g/mol. The summed E-state index contributed by atoms with van der Waals surface area (Å²) in [6, 6.07) is 5.55. The molecule has 0 atom stereocenters. The maximum Gasteiger partial charge on any atom is 0.247 e. The summed E-state index contributed by atoms with van der Waals surface area (Å²) < 4.78 is 8.71. The van der Waals surface area contributed by atoms with E-state index in [0.29, 0.717) is 5.82 Å². The van der Waals surface area contributed by atoms with Gasteiger partial charge in [0, 0.05) is 24.9 Å². The van der Waals surface area contributed by atoms with E-state index in [1.165, 1.54) is 0 Å². The van der Waals surface area contributed by atoms with Crippen LogP contribution in [0.2, 0.25) is 0 Å². The second-order valence-corrected chi connectivity index (χ2v) is 5.11. The molecule has 1 amide bonds. The van der Waals surface area contributed by atoms with Crippen molar-refractivity contribution in [2.45, 2.75) is 20.4 Å². The monoisotopic (exact) mass is 299 g/mol. The zero-order valence-electron chi connectivity index (χ0n) is 12.7. The van der Waals surface area contributed by atoms with Crippen molar-refractivity contribution in [3.63, 3.8) is 0 Å². The van der Waals surface area contributed by atoms with Crippen LogP contribution < -0.4 is 5.32 Å². The van der Waals surface area contributed by atoms with Crippen molar-refractivity contribution in [2.24, 2.45) is 7.05 Å². The molecule has 0 spiro atoms. The molecule has 0 saturated heterocycles. The van der Waals surface area contributed by atoms with Gasteiger partial charge in [-0.1, -0.05) is 0 Å². The first-order chi connectivity index (χ1) is 10.5. The fourth-order valence-electron chi connectivity index (χ4n) is 2.30. The smallest absolute Gasteiger partial charge is 0.247 e. The van der Waals surface area contributed by atoms with Gasteiger partial charge in [-0.05, 0) is 26.0 Å². The first-order valence-corrected chi connectivity index (χ1v) is 6.91. The van der Waals surface area contributed by atoms with E-state index >= 15 is 0 Å². The minimum absolute atomic E-state index is 0.140. The molecule has 0 aliphatic heterocycles. The van der Waals surface area contributed by atoms with Crippen LogP contribution in [-0.4, -0.2) is 25.5 Å². The molecule has 0 aromatic carbocycles. The van der Waals surface area contributed by atoms with Crippen molar-refractivity contribution in [1.82, 2.24) is 19.6 Å². The number of amides is 1. The Morgan fingerprint density at radius 3 is 2.82 bits per heavy atom. The molecular weight excluding hydrogens is 282 g/mol. The molecule has 22 heavy (non-hydrogen) atoms. The molecule has 3 aromatic heterocycles. The van der Waals surface area contributed by atoms with E-state index in [-0.39, 0.29) is 12.5 Å². The molecule has 0 saturated carbocycles. The number of hydrogen-bond donors (Lipinski definition) is 1. The Hall–Kier alpha value is -2.83. The normalized spacial score (nSPS) is 10.9. The molecule has 3 rings (SSSR count). The van der Waals surface area contributed by atoms with Crippen molar-refractivity contribution in [3.05, 3.63) is 42.1 Å². The van der Waals surface area contributed by atoms with Crippen LogP contribution in [0.4, 0.5) is 5.82 Å². The molecule has 114 valence electrons. The highest BCUT2D eigenvalue weighted by atomic mass is 16.3. The molecule has 7 heteroatoms. The zero-order chi connectivity index (χ0) is 15.7. The van der Waals surface area contributed by atoms with E-state index in [1.54, 1.807) is 34.9 Å². The van der Waals surface area contributed by atoms with Gasteiger partial charge < -0.3 is 9.73 Å². The number of aryl methyl sites for hydroxylation is 3. The Labute approximate surface area is 127 Å². The van der Waals surface area contributed by atoms with E-state index in [2.05, 4.69) is 15.5 Å². The van der Waals surface area contributed by atoms with Gasteiger partial charge in [0.05, 0.1) is 11.9 Å². The lowest BCUT2D eigenvalue weighted by Crippen LogP contribution is -2.20. The average Bonchev–Trinajstić information content (AvgIpc) is 3.13. The maximum atomic E-state index is 12.0. The van der Waals surface area contributed by atoms with Gasteiger partial charge in [-0.25, -0.2) is 0 Å². The number of carbonyl (C=O) groups is 1. The molecule has 1 N–H and O–H groups in total. The van der Waals surface area contributed by atoms with Crippen LogP contribution in [0, 0.1) is 13.8 Å². The Morgan fingerprint density at radius 2 is 2.18 bits per heavy atom. The van der Waals surface area contributed by atoms with E-state index in [4.69, 9.17) is 4.42 Å². The number of hydrogen-bond acceptors (Lipinski definition) is 4. The Morgan fingerprint density at radius 1 is 1.36 bits per heavy atom. The molecule has 0 aliphatic carbocycles. The van der Waals surface area contributed by atoms with E-state index in [1.807, 2.05) is 26.0 Å². The number of furan rings is 1. The van der Waals surface area contributed by atoms with Crippen LogP contribution >= 0.6 is 0 Å². The van der Waals surface area contributed by atoms with Gasteiger partial charge in [-0.3, -0.25) is 14.2 Å². The van der Waals surface area contributed by atoms with Crippen LogP contribution in [0.1, 0.15) is 11.5 Å². The predicted molar refractivity (Wildman–Crippen MR) is 81.2 cm³/mol. The van der Waals surface area contributed by atoms with Gasteiger partial charge in [-0.15, -0.1) is 0 Å². The molecule has 3 heterocycles. The summed E-state index contributed by atoms with van der Waals surface area (Å²) in [7, 11) is 1.77. The van der Waals surface area contributed by atoms with E-state index < -0.39 is 0 Å². The van der Waals surface area contributed by atoms with Crippen molar-refractivity contribution in [3.8, 4) is 11.3 Å². The number of carbonyl (C=O) groups excluding carboxylic acids is 1. The second-order valence-electron chi connectivity index (χ2n) is 5.11. The first-order valence-electron chi connectivity index (χ1n) is 6.91. The summed E-state index contributed by atoms with van der Waals surface area (Å²) in [5.74, 6) is 2.16. The Bertz CT molecular complexity index is 812. The largest absolute Gasteiger partial charge is 0.466 e. The van der Waals surface area contributed by atoms with Crippen LogP contribution in [-0.2, 0) is 18.4 Å². The lowest BCUT2D eigenvalue weighted by atomic mass is 10.2. The molecule has 0 bridgehead atoms. The summed E-state index contributed by atoms with van der Waals surface area (Å²) in [6.45, 7) is 3.94. The predicted octanol–water partition coefficient (Wildman–Crippen LogP) is 2.13. The van der Waals surface area contributed by atoms with Crippen molar-refractivity contribution >= 4 is 11.7 Å². The topological polar surface area (TPSA) is 77.9 Å². The minimum atomic E-state index is -0.154.